The number of hydrogen-bond acceptors (Lipinski definition) is 3. The second kappa shape index (κ2) is 13.7. The van der Waals surface area contributed by atoms with Gasteiger partial charge in [-0.25, -0.2) is 9.69 Å². The van der Waals surface area contributed by atoms with Crippen molar-refractivity contribution in [1.82, 2.24) is 10.2 Å². The number of nitrogens with zero attached hydrogens (tertiary/aromatic N) is 1. The fourth-order valence-electron chi connectivity index (χ4n) is 5.11. The van der Waals surface area contributed by atoms with Crippen molar-refractivity contribution in [1.29, 1.82) is 0 Å². The van der Waals surface area contributed by atoms with Crippen LogP contribution in [0.5, 0.6) is 0 Å². The Morgan fingerprint density at radius 3 is 1.76 bits per heavy atom. The molecule has 0 aliphatic carbocycles. The quantitative estimate of drug-likeness (QED) is 0.195. The number of hydrogen-bond donors (Lipinski definition) is 2. The van der Waals surface area contributed by atoms with Crippen molar-refractivity contribution in [3.63, 3.8) is 0 Å². The Morgan fingerprint density at radius 1 is 0.788 bits per heavy atom. The molecule has 1 unspecified atom stereocenters. The van der Waals surface area contributed by atoms with Gasteiger partial charge in [-0.15, -0.1) is 0 Å². The van der Waals surface area contributed by atoms with Gasteiger partial charge in [0.25, 0.3) is 5.91 Å². The first-order chi connectivity index (χ1) is 15.9. The van der Waals surface area contributed by atoms with Crippen molar-refractivity contribution < 1.29 is 9.59 Å². The zero-order valence-electron chi connectivity index (χ0n) is 21.3. The molecule has 2 rings (SSSR count). The minimum atomic E-state index is -1.02. The standard InChI is InChI=1S/C28H47N3O2/c1-4-7-9-11-13-18-22-27(29,23-19-14-12-10-8-5-2)31-25(32)28(6-3,30-26(31)33)24-20-16-15-17-21-24/h15-17,20-21H,4-14,18-19,22-23,29H2,1-3H3,(H,30,33). The highest BCUT2D eigenvalue weighted by atomic mass is 16.2. The summed E-state index contributed by atoms with van der Waals surface area (Å²) in [5, 5.41) is 3.03. The molecule has 3 amide bonds. The first-order valence-electron chi connectivity index (χ1n) is 13.5. The van der Waals surface area contributed by atoms with Crippen LogP contribution >= 0.6 is 0 Å². The second-order valence-corrected chi connectivity index (χ2v) is 9.83. The first-order valence-corrected chi connectivity index (χ1v) is 13.5. The molecule has 1 aliphatic heterocycles. The van der Waals surface area contributed by atoms with Crippen molar-refractivity contribution in [2.75, 3.05) is 0 Å². The largest absolute Gasteiger partial charge is 0.326 e. The Morgan fingerprint density at radius 2 is 1.27 bits per heavy atom. The number of carbonyl (C=O) groups is 2. The lowest BCUT2D eigenvalue weighted by atomic mass is 9.86. The van der Waals surface area contributed by atoms with Gasteiger partial charge in [-0.3, -0.25) is 4.79 Å². The van der Waals surface area contributed by atoms with Gasteiger partial charge in [0.15, 0.2) is 0 Å². The van der Waals surface area contributed by atoms with E-state index < -0.39 is 11.2 Å². The molecule has 186 valence electrons. The van der Waals surface area contributed by atoms with Crippen LogP contribution in [0.25, 0.3) is 0 Å². The van der Waals surface area contributed by atoms with E-state index >= 15 is 0 Å². The van der Waals surface area contributed by atoms with Gasteiger partial charge in [-0.05, 0) is 37.7 Å². The summed E-state index contributed by atoms with van der Waals surface area (Å²) in [4.78, 5) is 28.5. The Hall–Kier alpha value is -1.88. The minimum absolute atomic E-state index is 0.194. The van der Waals surface area contributed by atoms with E-state index in [4.69, 9.17) is 5.73 Å². The summed E-state index contributed by atoms with van der Waals surface area (Å²) >= 11 is 0. The van der Waals surface area contributed by atoms with Gasteiger partial charge >= 0.3 is 6.03 Å². The smallest absolute Gasteiger partial charge is 0.319 e. The normalized spacial score (nSPS) is 18.7. The molecule has 33 heavy (non-hydrogen) atoms. The third-order valence-electron chi connectivity index (χ3n) is 7.26. The zero-order valence-corrected chi connectivity index (χ0v) is 21.3. The molecule has 0 saturated carbocycles. The number of carbonyl (C=O) groups excluding carboxylic acids is 2. The van der Waals surface area contributed by atoms with Crippen LogP contribution < -0.4 is 11.1 Å². The number of unbranched alkanes of at least 4 members (excludes halogenated alkanes) is 10. The predicted octanol–water partition coefficient (Wildman–Crippen LogP) is 7.00. The van der Waals surface area contributed by atoms with Gasteiger partial charge in [0, 0.05) is 0 Å². The Balaban J connectivity index is 2.15. The summed E-state index contributed by atoms with van der Waals surface area (Å²) in [7, 11) is 0. The van der Waals surface area contributed by atoms with Crippen LogP contribution in [0.1, 0.15) is 123 Å². The second-order valence-electron chi connectivity index (χ2n) is 9.83. The number of nitrogens with one attached hydrogen (secondary N) is 1. The first kappa shape index (κ1) is 27.4. The van der Waals surface area contributed by atoms with Crippen LogP contribution in [0.2, 0.25) is 0 Å². The van der Waals surface area contributed by atoms with Crippen LogP contribution in [-0.2, 0) is 10.3 Å². The summed E-state index contributed by atoms with van der Waals surface area (Å²) in [6, 6.07) is 9.25. The van der Waals surface area contributed by atoms with Crippen molar-refractivity contribution in [3.8, 4) is 0 Å². The monoisotopic (exact) mass is 457 g/mol. The SMILES string of the molecule is CCCCCCCCC(N)(CCCCCCCC)N1C(=O)NC(CC)(c2ccccc2)C1=O. The molecule has 1 saturated heterocycles. The van der Waals surface area contributed by atoms with E-state index in [1.807, 2.05) is 37.3 Å². The third-order valence-corrected chi connectivity index (χ3v) is 7.26. The van der Waals surface area contributed by atoms with Gasteiger partial charge in [0.2, 0.25) is 0 Å². The molecule has 5 heteroatoms. The molecule has 1 aliphatic rings. The number of urea groups is 1. The van der Waals surface area contributed by atoms with Crippen molar-refractivity contribution in [3.05, 3.63) is 35.9 Å². The highest BCUT2D eigenvalue weighted by Crippen LogP contribution is 2.37. The molecule has 0 aromatic heterocycles. The number of nitrogens with two attached hydrogens (primary N) is 1. The Labute approximate surface area is 201 Å². The summed E-state index contributed by atoms with van der Waals surface area (Å²) in [5.74, 6) is -0.194. The lowest BCUT2D eigenvalue weighted by Gasteiger charge is -2.38. The molecule has 0 bridgehead atoms. The predicted molar refractivity (Wildman–Crippen MR) is 137 cm³/mol. The third kappa shape index (κ3) is 7.05. The van der Waals surface area contributed by atoms with Crippen LogP contribution in [0.4, 0.5) is 4.79 Å². The topological polar surface area (TPSA) is 75.4 Å². The van der Waals surface area contributed by atoms with Gasteiger partial charge < -0.3 is 11.1 Å². The van der Waals surface area contributed by atoms with Crippen LogP contribution in [0.3, 0.4) is 0 Å². The minimum Gasteiger partial charge on any atom is -0.319 e. The molecular weight excluding hydrogens is 410 g/mol. The maximum atomic E-state index is 13.8. The van der Waals surface area contributed by atoms with Crippen LogP contribution in [0, 0.1) is 0 Å². The molecular formula is C28H47N3O2. The Kier molecular flexibility index (Phi) is 11.4. The van der Waals surface area contributed by atoms with Gasteiger partial charge in [-0.1, -0.05) is 115 Å². The summed E-state index contributed by atoms with van der Waals surface area (Å²) < 4.78 is 0. The van der Waals surface area contributed by atoms with Crippen molar-refractivity contribution >= 4 is 11.9 Å². The lowest BCUT2D eigenvalue weighted by Crippen LogP contribution is -2.59. The highest BCUT2D eigenvalue weighted by Gasteiger charge is 2.56. The summed E-state index contributed by atoms with van der Waals surface area (Å²) in [6.07, 6.45) is 15.7. The molecule has 1 heterocycles. The maximum Gasteiger partial charge on any atom is 0.326 e. The van der Waals surface area contributed by atoms with E-state index in [1.54, 1.807) is 0 Å². The average molecular weight is 458 g/mol. The molecule has 3 N–H and O–H groups in total. The number of amides is 3. The van der Waals surface area contributed by atoms with Gasteiger partial charge in [0.1, 0.15) is 11.2 Å². The fourth-order valence-corrected chi connectivity index (χ4v) is 5.11. The number of rotatable bonds is 17. The summed E-state index contributed by atoms with van der Waals surface area (Å²) in [5.41, 5.74) is 5.84. The van der Waals surface area contributed by atoms with Gasteiger partial charge in [-0.2, -0.15) is 0 Å². The van der Waals surface area contributed by atoms with E-state index in [1.165, 1.54) is 56.3 Å². The van der Waals surface area contributed by atoms with Crippen molar-refractivity contribution in [2.24, 2.45) is 5.73 Å². The van der Waals surface area contributed by atoms with E-state index in [9.17, 15) is 9.59 Å². The molecule has 0 radical (unpaired) electrons. The summed E-state index contributed by atoms with van der Waals surface area (Å²) in [6.45, 7) is 6.39. The van der Waals surface area contributed by atoms with Crippen LogP contribution in [-0.4, -0.2) is 22.5 Å². The van der Waals surface area contributed by atoms with Gasteiger partial charge in [0.05, 0.1) is 0 Å². The van der Waals surface area contributed by atoms with E-state index in [2.05, 4.69) is 19.2 Å². The number of imide groups is 1. The number of benzene rings is 1. The average Bonchev–Trinajstić information content (AvgIpc) is 3.10. The molecule has 1 atom stereocenters. The van der Waals surface area contributed by atoms with E-state index in [-0.39, 0.29) is 11.9 Å². The lowest BCUT2D eigenvalue weighted by molar-refractivity contribution is -0.136. The molecule has 1 fully saturated rings. The molecule has 0 spiro atoms. The van der Waals surface area contributed by atoms with E-state index in [0.29, 0.717) is 19.3 Å². The Bertz CT molecular complexity index is 705. The molecule has 5 nitrogen and oxygen atoms in total. The molecule has 1 aromatic rings. The fraction of sp³-hybridized carbons (Fsp3) is 0.714. The molecule has 1 aromatic carbocycles. The van der Waals surface area contributed by atoms with Crippen LogP contribution in [0.15, 0.2) is 30.3 Å². The highest BCUT2D eigenvalue weighted by molar-refractivity contribution is 6.08. The zero-order chi connectivity index (χ0) is 24.2. The van der Waals surface area contributed by atoms with Crippen molar-refractivity contribution in [2.45, 2.75) is 128 Å². The van der Waals surface area contributed by atoms with E-state index in [0.717, 1.165) is 31.2 Å². The maximum absolute atomic E-state index is 13.8.